The summed E-state index contributed by atoms with van der Waals surface area (Å²) in [5, 5.41) is 0. The van der Waals surface area contributed by atoms with Crippen LogP contribution in [0.15, 0.2) is 12.1 Å². The van der Waals surface area contributed by atoms with Gasteiger partial charge in [0.2, 0.25) is 0 Å². The Morgan fingerprint density at radius 1 is 1.14 bits per heavy atom. The van der Waals surface area contributed by atoms with Crippen molar-refractivity contribution in [2.24, 2.45) is 0 Å². The van der Waals surface area contributed by atoms with Crippen molar-refractivity contribution in [2.75, 3.05) is 14.2 Å². The molecule has 0 saturated carbocycles. The summed E-state index contributed by atoms with van der Waals surface area (Å²) >= 11 is 0. The molecule has 1 rings (SSSR count). The lowest BCUT2D eigenvalue weighted by Gasteiger charge is -2.09. The summed E-state index contributed by atoms with van der Waals surface area (Å²) in [5.74, 6) is -0.202. The summed E-state index contributed by atoms with van der Waals surface area (Å²) in [6.45, 7) is 2.61. The van der Waals surface area contributed by atoms with Gasteiger partial charge in [-0.3, -0.25) is 0 Å². The van der Waals surface area contributed by atoms with Gasteiger partial charge in [0, 0.05) is 14.2 Å². The second-order valence-electron chi connectivity index (χ2n) is 3.23. The maximum atomic E-state index is 13.4. The fourth-order valence-corrected chi connectivity index (χ4v) is 1.35. The maximum absolute atomic E-state index is 13.4. The first-order chi connectivity index (χ1) is 6.69. The minimum absolute atomic E-state index is 0.202. The number of hydrogen-bond donors (Lipinski definition) is 0. The van der Waals surface area contributed by atoms with Gasteiger partial charge in [-0.25, -0.2) is 4.39 Å². The van der Waals surface area contributed by atoms with E-state index in [9.17, 15) is 4.39 Å². The fourth-order valence-electron chi connectivity index (χ4n) is 1.35. The van der Waals surface area contributed by atoms with E-state index in [0.29, 0.717) is 18.8 Å². The quantitative estimate of drug-likeness (QED) is 0.739. The molecule has 78 valence electrons. The number of halogens is 1. The van der Waals surface area contributed by atoms with Gasteiger partial charge in [0.1, 0.15) is 5.82 Å². The first kappa shape index (κ1) is 11.1. The van der Waals surface area contributed by atoms with Gasteiger partial charge in [-0.05, 0) is 29.7 Å². The second kappa shape index (κ2) is 5.08. The van der Waals surface area contributed by atoms with Crippen LogP contribution in [0.25, 0.3) is 0 Å². The average Bonchev–Trinajstić information content (AvgIpc) is 2.14. The summed E-state index contributed by atoms with van der Waals surface area (Å²) in [6.07, 6.45) is 0. The number of rotatable bonds is 4. The molecule has 0 aliphatic heterocycles. The topological polar surface area (TPSA) is 18.5 Å². The predicted molar refractivity (Wildman–Crippen MR) is 52.6 cm³/mol. The maximum Gasteiger partial charge on any atom is 0.126 e. The number of methoxy groups -OCH3 is 2. The van der Waals surface area contributed by atoms with Crippen molar-refractivity contribution in [1.82, 2.24) is 0 Å². The Hall–Kier alpha value is -0.930. The number of ether oxygens (including phenoxy) is 2. The molecule has 0 saturated heterocycles. The highest BCUT2D eigenvalue weighted by atomic mass is 19.1. The van der Waals surface area contributed by atoms with Crippen molar-refractivity contribution in [3.8, 4) is 0 Å². The SMILES string of the molecule is COCc1cc(F)c(C)c(COC)c1. The molecule has 3 heteroatoms. The van der Waals surface area contributed by atoms with Gasteiger partial charge in [0.05, 0.1) is 13.2 Å². The van der Waals surface area contributed by atoms with Crippen molar-refractivity contribution in [3.63, 3.8) is 0 Å². The largest absolute Gasteiger partial charge is 0.380 e. The Kier molecular flexibility index (Phi) is 4.04. The van der Waals surface area contributed by atoms with Crippen LogP contribution in [-0.4, -0.2) is 14.2 Å². The highest BCUT2D eigenvalue weighted by molar-refractivity contribution is 5.31. The molecule has 0 amide bonds. The smallest absolute Gasteiger partial charge is 0.126 e. The molecule has 1 aromatic rings. The zero-order valence-corrected chi connectivity index (χ0v) is 8.76. The third kappa shape index (κ3) is 2.53. The van der Waals surface area contributed by atoms with Crippen molar-refractivity contribution in [3.05, 3.63) is 34.6 Å². The summed E-state index contributed by atoms with van der Waals surface area (Å²) in [6, 6.07) is 3.41. The molecular formula is C11H15FO2. The van der Waals surface area contributed by atoms with E-state index >= 15 is 0 Å². The van der Waals surface area contributed by atoms with Gasteiger partial charge in [-0.1, -0.05) is 6.07 Å². The fraction of sp³-hybridized carbons (Fsp3) is 0.455. The first-order valence-corrected chi connectivity index (χ1v) is 4.44. The average molecular weight is 198 g/mol. The van der Waals surface area contributed by atoms with Crippen LogP contribution in [0, 0.1) is 12.7 Å². The van der Waals surface area contributed by atoms with E-state index in [0.717, 1.165) is 11.1 Å². The van der Waals surface area contributed by atoms with Crippen molar-refractivity contribution in [1.29, 1.82) is 0 Å². The van der Waals surface area contributed by atoms with E-state index in [1.807, 2.05) is 6.07 Å². The van der Waals surface area contributed by atoms with E-state index in [1.54, 1.807) is 21.1 Å². The summed E-state index contributed by atoms with van der Waals surface area (Å²) < 4.78 is 23.3. The zero-order chi connectivity index (χ0) is 10.6. The van der Waals surface area contributed by atoms with E-state index in [4.69, 9.17) is 9.47 Å². The van der Waals surface area contributed by atoms with Gasteiger partial charge in [-0.2, -0.15) is 0 Å². The number of benzene rings is 1. The lowest BCUT2D eigenvalue weighted by Crippen LogP contribution is -1.99. The highest BCUT2D eigenvalue weighted by Crippen LogP contribution is 2.17. The van der Waals surface area contributed by atoms with E-state index in [-0.39, 0.29) is 5.82 Å². The van der Waals surface area contributed by atoms with Gasteiger partial charge < -0.3 is 9.47 Å². The molecule has 0 N–H and O–H groups in total. The molecule has 0 unspecified atom stereocenters. The summed E-state index contributed by atoms with van der Waals surface area (Å²) in [4.78, 5) is 0. The predicted octanol–water partition coefficient (Wildman–Crippen LogP) is 2.43. The Balaban J connectivity index is 3.01. The Bertz CT molecular complexity index is 310. The molecule has 0 atom stereocenters. The Morgan fingerprint density at radius 3 is 2.36 bits per heavy atom. The van der Waals surface area contributed by atoms with E-state index in [1.165, 1.54) is 6.07 Å². The molecule has 0 aliphatic carbocycles. The third-order valence-electron chi connectivity index (χ3n) is 2.12. The van der Waals surface area contributed by atoms with Crippen LogP contribution in [0.4, 0.5) is 4.39 Å². The zero-order valence-electron chi connectivity index (χ0n) is 8.76. The molecule has 0 heterocycles. The van der Waals surface area contributed by atoms with Crippen LogP contribution in [0.3, 0.4) is 0 Å². The molecule has 0 spiro atoms. The van der Waals surface area contributed by atoms with Crippen LogP contribution in [0.2, 0.25) is 0 Å². The van der Waals surface area contributed by atoms with Crippen molar-refractivity contribution >= 4 is 0 Å². The molecule has 0 radical (unpaired) electrons. The van der Waals surface area contributed by atoms with Crippen LogP contribution in [0.5, 0.6) is 0 Å². The van der Waals surface area contributed by atoms with Crippen molar-refractivity contribution in [2.45, 2.75) is 20.1 Å². The monoisotopic (exact) mass is 198 g/mol. The standard InChI is InChI=1S/C11H15FO2/c1-8-10(7-14-3)4-9(6-13-2)5-11(8)12/h4-5H,6-7H2,1-3H3. The molecule has 0 aromatic heterocycles. The summed E-state index contributed by atoms with van der Waals surface area (Å²) in [5.41, 5.74) is 2.36. The van der Waals surface area contributed by atoms with Crippen LogP contribution in [0.1, 0.15) is 16.7 Å². The normalized spacial score (nSPS) is 10.6. The minimum atomic E-state index is -0.202. The van der Waals surface area contributed by atoms with Crippen molar-refractivity contribution < 1.29 is 13.9 Å². The van der Waals surface area contributed by atoms with Gasteiger partial charge in [0.25, 0.3) is 0 Å². The Morgan fingerprint density at radius 2 is 1.79 bits per heavy atom. The van der Waals surface area contributed by atoms with Crippen LogP contribution < -0.4 is 0 Å². The molecule has 0 aliphatic rings. The highest BCUT2D eigenvalue weighted by Gasteiger charge is 2.06. The molecule has 0 fully saturated rings. The van der Waals surface area contributed by atoms with Gasteiger partial charge >= 0.3 is 0 Å². The first-order valence-electron chi connectivity index (χ1n) is 4.44. The number of hydrogen-bond acceptors (Lipinski definition) is 2. The van der Waals surface area contributed by atoms with E-state index in [2.05, 4.69) is 0 Å². The molecule has 2 nitrogen and oxygen atoms in total. The third-order valence-corrected chi connectivity index (χ3v) is 2.12. The second-order valence-corrected chi connectivity index (χ2v) is 3.23. The van der Waals surface area contributed by atoms with Gasteiger partial charge in [-0.15, -0.1) is 0 Å². The van der Waals surface area contributed by atoms with E-state index < -0.39 is 0 Å². The Labute approximate surface area is 83.6 Å². The molecule has 0 bridgehead atoms. The van der Waals surface area contributed by atoms with Gasteiger partial charge in [0.15, 0.2) is 0 Å². The lowest BCUT2D eigenvalue weighted by molar-refractivity contribution is 0.179. The molecule has 1 aromatic carbocycles. The molecular weight excluding hydrogens is 183 g/mol. The molecule has 14 heavy (non-hydrogen) atoms. The summed E-state index contributed by atoms with van der Waals surface area (Å²) in [7, 11) is 3.19. The minimum Gasteiger partial charge on any atom is -0.380 e. The van der Waals surface area contributed by atoms with Crippen LogP contribution >= 0.6 is 0 Å². The van der Waals surface area contributed by atoms with Crippen LogP contribution in [-0.2, 0) is 22.7 Å². The lowest BCUT2D eigenvalue weighted by atomic mass is 10.1.